The van der Waals surface area contributed by atoms with Crippen LogP contribution in [0.4, 0.5) is 5.69 Å². The van der Waals surface area contributed by atoms with E-state index < -0.39 is 0 Å². The summed E-state index contributed by atoms with van der Waals surface area (Å²) in [5.41, 5.74) is 2.21. The van der Waals surface area contributed by atoms with E-state index in [9.17, 15) is 4.79 Å². The van der Waals surface area contributed by atoms with E-state index in [1.165, 1.54) is 19.3 Å². The minimum absolute atomic E-state index is 0.0553. The van der Waals surface area contributed by atoms with E-state index in [2.05, 4.69) is 22.8 Å². The fourth-order valence-electron chi connectivity index (χ4n) is 1.78. The van der Waals surface area contributed by atoms with Crippen molar-refractivity contribution in [3.05, 3.63) is 29.8 Å². The molecule has 1 amide bonds. The Morgan fingerprint density at radius 3 is 2.50 bits per heavy atom. The van der Waals surface area contributed by atoms with E-state index in [4.69, 9.17) is 0 Å². The average molecular weight is 218 g/mol. The molecule has 16 heavy (non-hydrogen) atoms. The highest BCUT2D eigenvalue weighted by molar-refractivity contribution is 5.78. The Labute approximate surface area is 96.2 Å². The standard InChI is InChI=1S/C13H18N2O/c1-14-13(16)9-10-5-7-12(8-6-10)15-11-3-2-4-11/h5-8,11,15H,2-4,9H2,1H3,(H,14,16). The molecule has 0 atom stereocenters. The SMILES string of the molecule is CNC(=O)Cc1ccc(NC2CCC2)cc1. The smallest absolute Gasteiger partial charge is 0.224 e. The molecular formula is C13H18N2O. The van der Waals surface area contributed by atoms with Crippen LogP contribution >= 0.6 is 0 Å². The van der Waals surface area contributed by atoms with Gasteiger partial charge in [0.2, 0.25) is 5.91 Å². The molecule has 0 saturated heterocycles. The zero-order valence-corrected chi connectivity index (χ0v) is 9.62. The van der Waals surface area contributed by atoms with Crippen molar-refractivity contribution in [3.8, 4) is 0 Å². The predicted octanol–water partition coefficient (Wildman–Crippen LogP) is 1.94. The van der Waals surface area contributed by atoms with Gasteiger partial charge in [-0.2, -0.15) is 0 Å². The number of hydrogen-bond donors (Lipinski definition) is 2. The summed E-state index contributed by atoms with van der Waals surface area (Å²) >= 11 is 0. The van der Waals surface area contributed by atoms with Crippen LogP contribution in [0.3, 0.4) is 0 Å². The van der Waals surface area contributed by atoms with E-state index in [0.717, 1.165) is 11.3 Å². The number of carbonyl (C=O) groups is 1. The van der Waals surface area contributed by atoms with Crippen LogP contribution in [0.5, 0.6) is 0 Å². The maximum atomic E-state index is 11.2. The van der Waals surface area contributed by atoms with Crippen molar-refractivity contribution in [2.45, 2.75) is 31.7 Å². The van der Waals surface area contributed by atoms with Gasteiger partial charge in [-0.15, -0.1) is 0 Å². The lowest BCUT2D eigenvalue weighted by Crippen LogP contribution is -2.26. The number of likely N-dealkylation sites (N-methyl/N-ethyl adjacent to an activating group) is 1. The molecule has 0 unspecified atom stereocenters. The fourth-order valence-corrected chi connectivity index (χ4v) is 1.78. The Morgan fingerprint density at radius 2 is 2.00 bits per heavy atom. The van der Waals surface area contributed by atoms with Crippen LogP contribution in [0.2, 0.25) is 0 Å². The largest absolute Gasteiger partial charge is 0.382 e. The van der Waals surface area contributed by atoms with Gasteiger partial charge in [0.05, 0.1) is 6.42 Å². The van der Waals surface area contributed by atoms with Gasteiger partial charge < -0.3 is 10.6 Å². The molecule has 2 N–H and O–H groups in total. The van der Waals surface area contributed by atoms with Crippen LogP contribution in [0.15, 0.2) is 24.3 Å². The monoisotopic (exact) mass is 218 g/mol. The molecule has 86 valence electrons. The number of nitrogens with one attached hydrogen (secondary N) is 2. The highest BCUT2D eigenvalue weighted by atomic mass is 16.1. The first-order chi connectivity index (χ1) is 7.78. The first-order valence-corrected chi connectivity index (χ1v) is 5.84. The second-order valence-corrected chi connectivity index (χ2v) is 4.32. The van der Waals surface area contributed by atoms with E-state index in [1.54, 1.807) is 7.05 Å². The van der Waals surface area contributed by atoms with Gasteiger partial charge >= 0.3 is 0 Å². The number of carbonyl (C=O) groups excluding carboxylic acids is 1. The Balaban J connectivity index is 1.90. The first-order valence-electron chi connectivity index (χ1n) is 5.84. The Kier molecular flexibility index (Phi) is 3.44. The summed E-state index contributed by atoms with van der Waals surface area (Å²) in [5.74, 6) is 0.0553. The number of benzene rings is 1. The summed E-state index contributed by atoms with van der Waals surface area (Å²) in [7, 11) is 1.66. The summed E-state index contributed by atoms with van der Waals surface area (Å²) in [6.45, 7) is 0. The van der Waals surface area contributed by atoms with E-state index in [0.29, 0.717) is 12.5 Å². The van der Waals surface area contributed by atoms with E-state index in [1.807, 2.05) is 12.1 Å². The van der Waals surface area contributed by atoms with E-state index >= 15 is 0 Å². The lowest BCUT2D eigenvalue weighted by atomic mass is 9.93. The third-order valence-electron chi connectivity index (χ3n) is 3.07. The molecule has 0 spiro atoms. The summed E-state index contributed by atoms with van der Waals surface area (Å²) in [5, 5.41) is 6.10. The van der Waals surface area contributed by atoms with Crippen molar-refractivity contribution in [2.24, 2.45) is 0 Å². The topological polar surface area (TPSA) is 41.1 Å². The quantitative estimate of drug-likeness (QED) is 0.811. The van der Waals surface area contributed by atoms with Gasteiger partial charge in [-0.1, -0.05) is 12.1 Å². The highest BCUT2D eigenvalue weighted by Crippen LogP contribution is 2.23. The molecule has 1 aromatic carbocycles. The highest BCUT2D eigenvalue weighted by Gasteiger charge is 2.16. The second kappa shape index (κ2) is 5.01. The van der Waals surface area contributed by atoms with Gasteiger partial charge in [0, 0.05) is 18.8 Å². The van der Waals surface area contributed by atoms with Crippen LogP contribution in [-0.4, -0.2) is 19.0 Å². The van der Waals surface area contributed by atoms with Gasteiger partial charge in [-0.05, 0) is 37.0 Å². The molecule has 1 saturated carbocycles. The molecule has 3 heteroatoms. The van der Waals surface area contributed by atoms with Crippen molar-refractivity contribution in [3.63, 3.8) is 0 Å². The van der Waals surface area contributed by atoms with Crippen LogP contribution in [0.25, 0.3) is 0 Å². The zero-order valence-electron chi connectivity index (χ0n) is 9.62. The maximum Gasteiger partial charge on any atom is 0.224 e. The molecule has 0 heterocycles. The van der Waals surface area contributed by atoms with E-state index in [-0.39, 0.29) is 5.91 Å². The molecule has 0 radical (unpaired) electrons. The summed E-state index contributed by atoms with van der Waals surface area (Å²) in [6.07, 6.45) is 4.35. The Morgan fingerprint density at radius 1 is 1.31 bits per heavy atom. The summed E-state index contributed by atoms with van der Waals surface area (Å²) < 4.78 is 0. The van der Waals surface area contributed by atoms with Gasteiger partial charge in [-0.25, -0.2) is 0 Å². The average Bonchev–Trinajstić information content (AvgIpc) is 2.25. The molecule has 0 bridgehead atoms. The van der Waals surface area contributed by atoms with Crippen molar-refractivity contribution in [1.29, 1.82) is 0 Å². The molecule has 2 rings (SSSR count). The molecule has 1 aliphatic carbocycles. The lowest BCUT2D eigenvalue weighted by molar-refractivity contribution is -0.119. The van der Waals surface area contributed by atoms with Crippen molar-refractivity contribution in [2.75, 3.05) is 12.4 Å². The number of rotatable bonds is 4. The number of anilines is 1. The van der Waals surface area contributed by atoms with Crippen molar-refractivity contribution < 1.29 is 4.79 Å². The molecule has 3 nitrogen and oxygen atoms in total. The predicted molar refractivity (Wildman–Crippen MR) is 65.5 cm³/mol. The zero-order chi connectivity index (χ0) is 11.4. The van der Waals surface area contributed by atoms with Gasteiger partial charge in [0.1, 0.15) is 0 Å². The molecule has 0 aliphatic heterocycles. The van der Waals surface area contributed by atoms with Gasteiger partial charge in [0.15, 0.2) is 0 Å². The third-order valence-corrected chi connectivity index (χ3v) is 3.07. The second-order valence-electron chi connectivity index (χ2n) is 4.32. The Hall–Kier alpha value is -1.51. The van der Waals surface area contributed by atoms with Crippen LogP contribution < -0.4 is 10.6 Å². The molecule has 0 aromatic heterocycles. The van der Waals surface area contributed by atoms with Crippen LogP contribution in [0, 0.1) is 0 Å². The number of hydrogen-bond acceptors (Lipinski definition) is 2. The Bertz CT molecular complexity index is 355. The lowest BCUT2D eigenvalue weighted by Gasteiger charge is -2.27. The van der Waals surface area contributed by atoms with Crippen LogP contribution in [0.1, 0.15) is 24.8 Å². The molecular weight excluding hydrogens is 200 g/mol. The third kappa shape index (κ3) is 2.75. The summed E-state index contributed by atoms with van der Waals surface area (Å²) in [6, 6.07) is 8.78. The summed E-state index contributed by atoms with van der Waals surface area (Å²) in [4.78, 5) is 11.2. The number of amides is 1. The van der Waals surface area contributed by atoms with Crippen molar-refractivity contribution in [1.82, 2.24) is 5.32 Å². The van der Waals surface area contributed by atoms with Crippen molar-refractivity contribution >= 4 is 11.6 Å². The first kappa shape index (κ1) is 11.0. The fraction of sp³-hybridized carbons (Fsp3) is 0.462. The minimum atomic E-state index is 0.0553. The molecule has 1 aliphatic rings. The van der Waals surface area contributed by atoms with Gasteiger partial charge in [-0.3, -0.25) is 4.79 Å². The minimum Gasteiger partial charge on any atom is -0.382 e. The molecule has 1 aromatic rings. The van der Waals surface area contributed by atoms with Gasteiger partial charge in [0.25, 0.3) is 0 Å². The molecule has 1 fully saturated rings. The maximum absolute atomic E-state index is 11.2. The normalized spacial score (nSPS) is 15.3. The van der Waals surface area contributed by atoms with Crippen LogP contribution in [-0.2, 0) is 11.2 Å².